The average molecular weight is 313 g/mol. The molecule has 1 aromatic carbocycles. The highest BCUT2D eigenvalue weighted by molar-refractivity contribution is 5.88. The maximum atomic E-state index is 12.5. The number of hydrogen-bond donors (Lipinski definition) is 2. The molecule has 1 amide bonds. The summed E-state index contributed by atoms with van der Waals surface area (Å²) in [6, 6.07) is 7.70. The zero-order valence-corrected chi connectivity index (χ0v) is 13.7. The Labute approximate surface area is 132 Å². The molecule has 0 aliphatic heterocycles. The van der Waals surface area contributed by atoms with Crippen LogP contribution in [0.4, 0.5) is 0 Å². The van der Waals surface area contributed by atoms with Gasteiger partial charge in [-0.15, -0.1) is 12.4 Å². The number of benzene rings is 1. The van der Waals surface area contributed by atoms with Gasteiger partial charge in [0.15, 0.2) is 0 Å². The third-order valence-corrected chi connectivity index (χ3v) is 4.07. The van der Waals surface area contributed by atoms with Crippen molar-refractivity contribution in [1.82, 2.24) is 5.32 Å². The molecule has 1 saturated carbocycles. The molecule has 0 radical (unpaired) electrons. The van der Waals surface area contributed by atoms with E-state index in [1.165, 1.54) is 12.8 Å². The minimum absolute atomic E-state index is 0. The maximum Gasteiger partial charge on any atom is 0.230 e. The Morgan fingerprint density at radius 3 is 2.62 bits per heavy atom. The summed E-state index contributed by atoms with van der Waals surface area (Å²) in [6.07, 6.45) is 2.37. The van der Waals surface area contributed by atoms with Crippen molar-refractivity contribution in [3.63, 3.8) is 0 Å². The molecular weight excluding hydrogens is 288 g/mol. The molecule has 1 unspecified atom stereocenters. The number of rotatable bonds is 6. The van der Waals surface area contributed by atoms with E-state index in [1.807, 2.05) is 38.1 Å². The number of nitrogens with two attached hydrogens (primary N) is 1. The van der Waals surface area contributed by atoms with Crippen molar-refractivity contribution in [2.75, 3.05) is 13.7 Å². The Kier molecular flexibility index (Phi) is 6.05. The van der Waals surface area contributed by atoms with Crippen LogP contribution in [-0.2, 0) is 10.2 Å². The van der Waals surface area contributed by atoms with E-state index in [0.29, 0.717) is 12.5 Å². The van der Waals surface area contributed by atoms with Crippen molar-refractivity contribution in [2.45, 2.75) is 38.1 Å². The molecule has 118 valence electrons. The largest absolute Gasteiger partial charge is 0.496 e. The van der Waals surface area contributed by atoms with Gasteiger partial charge in [-0.05, 0) is 38.7 Å². The number of halogens is 1. The first-order chi connectivity index (χ1) is 9.46. The van der Waals surface area contributed by atoms with Crippen LogP contribution < -0.4 is 15.8 Å². The molecule has 0 bridgehead atoms. The van der Waals surface area contributed by atoms with Gasteiger partial charge in [0.1, 0.15) is 5.75 Å². The molecule has 0 heterocycles. The smallest absolute Gasteiger partial charge is 0.230 e. The van der Waals surface area contributed by atoms with Gasteiger partial charge < -0.3 is 15.8 Å². The highest BCUT2D eigenvalue weighted by Gasteiger charge is 2.34. The second-order valence-corrected chi connectivity index (χ2v) is 6.04. The minimum Gasteiger partial charge on any atom is -0.496 e. The van der Waals surface area contributed by atoms with E-state index in [-0.39, 0.29) is 24.4 Å². The summed E-state index contributed by atoms with van der Waals surface area (Å²) in [5.41, 5.74) is 6.27. The van der Waals surface area contributed by atoms with Crippen molar-refractivity contribution < 1.29 is 9.53 Å². The number of carbonyl (C=O) groups is 1. The van der Waals surface area contributed by atoms with E-state index in [1.54, 1.807) is 7.11 Å². The average Bonchev–Trinajstić information content (AvgIpc) is 3.28. The third-order valence-electron chi connectivity index (χ3n) is 4.07. The summed E-state index contributed by atoms with van der Waals surface area (Å²) in [5.74, 6) is 1.31. The van der Waals surface area contributed by atoms with Crippen molar-refractivity contribution in [3.05, 3.63) is 29.8 Å². The summed E-state index contributed by atoms with van der Waals surface area (Å²) in [6.45, 7) is 4.35. The SMILES string of the molecule is COc1ccccc1C(C)(C)C(=O)NCC(N)C1CC1.Cl. The summed E-state index contributed by atoms with van der Waals surface area (Å²) in [5, 5.41) is 2.97. The predicted octanol–water partition coefficient (Wildman–Crippen LogP) is 2.25. The quantitative estimate of drug-likeness (QED) is 0.847. The number of nitrogens with one attached hydrogen (secondary N) is 1. The summed E-state index contributed by atoms with van der Waals surface area (Å²) < 4.78 is 5.35. The molecule has 1 aliphatic carbocycles. The number of para-hydroxylation sites is 1. The molecule has 0 aromatic heterocycles. The van der Waals surface area contributed by atoms with Crippen LogP contribution in [0, 0.1) is 5.92 Å². The molecule has 1 aliphatic rings. The van der Waals surface area contributed by atoms with Gasteiger partial charge >= 0.3 is 0 Å². The van der Waals surface area contributed by atoms with Gasteiger partial charge in [0, 0.05) is 18.2 Å². The normalized spacial score (nSPS) is 15.8. The Balaban J connectivity index is 0.00000220. The lowest BCUT2D eigenvalue weighted by molar-refractivity contribution is -0.125. The van der Waals surface area contributed by atoms with Crippen LogP contribution in [0.25, 0.3) is 0 Å². The Bertz CT molecular complexity index is 487. The molecule has 4 nitrogen and oxygen atoms in total. The fraction of sp³-hybridized carbons (Fsp3) is 0.562. The molecule has 1 aromatic rings. The predicted molar refractivity (Wildman–Crippen MR) is 87.0 cm³/mol. The van der Waals surface area contributed by atoms with Gasteiger partial charge in [-0.3, -0.25) is 4.79 Å². The molecule has 1 fully saturated rings. The van der Waals surface area contributed by atoms with Crippen LogP contribution in [-0.4, -0.2) is 25.6 Å². The van der Waals surface area contributed by atoms with Crippen LogP contribution in [0.1, 0.15) is 32.3 Å². The van der Waals surface area contributed by atoms with Crippen molar-refractivity contribution in [1.29, 1.82) is 0 Å². The van der Waals surface area contributed by atoms with E-state index in [2.05, 4.69) is 5.32 Å². The molecule has 2 rings (SSSR count). The van der Waals surface area contributed by atoms with Crippen LogP contribution >= 0.6 is 12.4 Å². The second kappa shape index (κ2) is 7.14. The van der Waals surface area contributed by atoms with Crippen molar-refractivity contribution in [3.8, 4) is 5.75 Å². The van der Waals surface area contributed by atoms with E-state index in [4.69, 9.17) is 10.5 Å². The third kappa shape index (κ3) is 4.11. The van der Waals surface area contributed by atoms with Crippen LogP contribution in [0.5, 0.6) is 5.75 Å². The topological polar surface area (TPSA) is 64.3 Å². The van der Waals surface area contributed by atoms with Gasteiger partial charge in [0.05, 0.1) is 12.5 Å². The first kappa shape index (κ1) is 17.8. The summed E-state index contributed by atoms with van der Waals surface area (Å²) in [7, 11) is 1.62. The Morgan fingerprint density at radius 2 is 2.05 bits per heavy atom. The van der Waals surface area contributed by atoms with Gasteiger partial charge in [0.2, 0.25) is 5.91 Å². The van der Waals surface area contributed by atoms with E-state index >= 15 is 0 Å². The Hall–Kier alpha value is -1.26. The monoisotopic (exact) mass is 312 g/mol. The van der Waals surface area contributed by atoms with Crippen LogP contribution in [0.3, 0.4) is 0 Å². The lowest BCUT2D eigenvalue weighted by Gasteiger charge is -2.26. The van der Waals surface area contributed by atoms with Gasteiger partial charge in [-0.25, -0.2) is 0 Å². The maximum absolute atomic E-state index is 12.5. The first-order valence-corrected chi connectivity index (χ1v) is 7.14. The number of hydrogen-bond acceptors (Lipinski definition) is 3. The van der Waals surface area contributed by atoms with Gasteiger partial charge in [0.25, 0.3) is 0 Å². The number of carbonyl (C=O) groups excluding carboxylic acids is 1. The first-order valence-electron chi connectivity index (χ1n) is 7.14. The fourth-order valence-electron chi connectivity index (χ4n) is 2.41. The lowest BCUT2D eigenvalue weighted by Crippen LogP contribution is -2.45. The van der Waals surface area contributed by atoms with Crippen molar-refractivity contribution >= 4 is 18.3 Å². The molecule has 21 heavy (non-hydrogen) atoms. The molecule has 5 heteroatoms. The van der Waals surface area contributed by atoms with Crippen LogP contribution in [0.2, 0.25) is 0 Å². The fourth-order valence-corrected chi connectivity index (χ4v) is 2.41. The summed E-state index contributed by atoms with van der Waals surface area (Å²) >= 11 is 0. The summed E-state index contributed by atoms with van der Waals surface area (Å²) in [4.78, 5) is 12.5. The molecule has 3 N–H and O–H groups in total. The number of amides is 1. The zero-order chi connectivity index (χ0) is 14.8. The molecule has 1 atom stereocenters. The second-order valence-electron chi connectivity index (χ2n) is 6.04. The highest BCUT2D eigenvalue weighted by atomic mass is 35.5. The van der Waals surface area contributed by atoms with Crippen LogP contribution in [0.15, 0.2) is 24.3 Å². The Morgan fingerprint density at radius 1 is 1.43 bits per heavy atom. The van der Waals surface area contributed by atoms with Gasteiger partial charge in [-0.1, -0.05) is 18.2 Å². The van der Waals surface area contributed by atoms with E-state index < -0.39 is 5.41 Å². The van der Waals surface area contributed by atoms with Gasteiger partial charge in [-0.2, -0.15) is 0 Å². The molecule has 0 saturated heterocycles. The molecule has 0 spiro atoms. The number of ether oxygens (including phenoxy) is 1. The number of methoxy groups -OCH3 is 1. The molecular formula is C16H25ClN2O2. The van der Waals surface area contributed by atoms with Crippen molar-refractivity contribution in [2.24, 2.45) is 11.7 Å². The van der Waals surface area contributed by atoms with E-state index in [9.17, 15) is 4.79 Å². The van der Waals surface area contributed by atoms with E-state index in [0.717, 1.165) is 11.3 Å². The standard InChI is InChI=1S/C16H24N2O2.ClH/c1-16(2,12-6-4-5-7-14(12)20-3)15(19)18-10-13(17)11-8-9-11;/h4-7,11,13H,8-10,17H2,1-3H3,(H,18,19);1H. The highest BCUT2D eigenvalue weighted by Crippen LogP contribution is 2.33. The lowest BCUT2D eigenvalue weighted by atomic mass is 9.83. The zero-order valence-electron chi connectivity index (χ0n) is 12.9. The minimum atomic E-state index is -0.643.